The SMILES string of the molecule is CCC1(C)NC(c2cccs2)N(C2CCCC2C)C1=O. The van der Waals surface area contributed by atoms with Gasteiger partial charge in [0.15, 0.2) is 0 Å². The molecule has 0 aromatic carbocycles. The van der Waals surface area contributed by atoms with Gasteiger partial charge in [-0.05, 0) is 43.6 Å². The minimum absolute atomic E-state index is 0.0676. The number of nitrogens with one attached hydrogen (secondary N) is 1. The molecule has 1 amide bonds. The molecule has 4 atom stereocenters. The average Bonchev–Trinajstić information content (AvgIpc) is 3.13. The van der Waals surface area contributed by atoms with E-state index in [4.69, 9.17) is 0 Å². The Bertz CT molecular complexity index is 487. The molecule has 110 valence electrons. The Morgan fingerprint density at radius 2 is 2.30 bits per heavy atom. The van der Waals surface area contributed by atoms with Gasteiger partial charge in [-0.1, -0.05) is 26.3 Å². The fourth-order valence-electron chi connectivity index (χ4n) is 3.62. The van der Waals surface area contributed by atoms with Crippen LogP contribution in [0.15, 0.2) is 17.5 Å². The summed E-state index contributed by atoms with van der Waals surface area (Å²) in [6, 6.07) is 4.61. The van der Waals surface area contributed by atoms with Gasteiger partial charge in [-0.2, -0.15) is 0 Å². The number of hydrogen-bond acceptors (Lipinski definition) is 3. The molecule has 1 aromatic heterocycles. The summed E-state index contributed by atoms with van der Waals surface area (Å²) >= 11 is 1.74. The molecule has 1 saturated carbocycles. The van der Waals surface area contributed by atoms with Gasteiger partial charge in [-0.25, -0.2) is 0 Å². The summed E-state index contributed by atoms with van der Waals surface area (Å²) in [5.74, 6) is 0.902. The third-order valence-corrected chi connectivity index (χ3v) is 6.06. The summed E-state index contributed by atoms with van der Waals surface area (Å²) in [7, 11) is 0. The lowest BCUT2D eigenvalue weighted by molar-refractivity contribution is -0.135. The lowest BCUT2D eigenvalue weighted by Crippen LogP contribution is -2.45. The van der Waals surface area contributed by atoms with Crippen molar-refractivity contribution in [1.82, 2.24) is 10.2 Å². The van der Waals surface area contributed by atoms with Crippen LogP contribution in [0, 0.1) is 5.92 Å². The molecule has 3 rings (SSSR count). The second-order valence-corrected chi connectivity index (χ2v) is 7.42. The van der Waals surface area contributed by atoms with Crippen molar-refractivity contribution >= 4 is 17.2 Å². The number of rotatable bonds is 3. The van der Waals surface area contributed by atoms with E-state index in [2.05, 4.69) is 48.5 Å². The van der Waals surface area contributed by atoms with Crippen LogP contribution in [0.2, 0.25) is 0 Å². The van der Waals surface area contributed by atoms with Crippen molar-refractivity contribution in [2.24, 2.45) is 5.92 Å². The number of carbonyl (C=O) groups excluding carboxylic acids is 1. The fourth-order valence-corrected chi connectivity index (χ4v) is 4.40. The van der Waals surface area contributed by atoms with Gasteiger partial charge in [0.2, 0.25) is 5.91 Å². The maximum atomic E-state index is 13.0. The van der Waals surface area contributed by atoms with Crippen molar-refractivity contribution in [2.45, 2.75) is 64.2 Å². The zero-order valence-electron chi connectivity index (χ0n) is 12.6. The Balaban J connectivity index is 1.96. The molecule has 3 nitrogen and oxygen atoms in total. The molecule has 2 fully saturated rings. The molecule has 4 unspecified atom stereocenters. The third kappa shape index (κ3) is 2.09. The van der Waals surface area contributed by atoms with Crippen LogP contribution in [-0.4, -0.2) is 22.4 Å². The number of hydrogen-bond donors (Lipinski definition) is 1. The van der Waals surface area contributed by atoms with E-state index >= 15 is 0 Å². The van der Waals surface area contributed by atoms with Gasteiger partial charge >= 0.3 is 0 Å². The van der Waals surface area contributed by atoms with Crippen molar-refractivity contribution in [3.8, 4) is 0 Å². The van der Waals surface area contributed by atoms with E-state index < -0.39 is 5.54 Å². The molecular weight excluding hydrogens is 268 g/mol. The highest BCUT2D eigenvalue weighted by Gasteiger charge is 2.51. The molecule has 0 bridgehead atoms. The van der Waals surface area contributed by atoms with E-state index in [9.17, 15) is 4.79 Å². The zero-order chi connectivity index (χ0) is 14.3. The van der Waals surface area contributed by atoms with Gasteiger partial charge in [0.25, 0.3) is 0 Å². The molecular formula is C16H24N2OS. The van der Waals surface area contributed by atoms with Gasteiger partial charge in [-0.3, -0.25) is 10.1 Å². The Morgan fingerprint density at radius 3 is 2.85 bits per heavy atom. The maximum Gasteiger partial charge on any atom is 0.244 e. The number of thiophene rings is 1. The lowest BCUT2D eigenvalue weighted by Gasteiger charge is -2.32. The molecule has 2 aliphatic rings. The van der Waals surface area contributed by atoms with Crippen LogP contribution in [0.4, 0.5) is 0 Å². The summed E-state index contributed by atoms with van der Waals surface area (Å²) in [6.45, 7) is 6.44. The predicted molar refractivity (Wildman–Crippen MR) is 82.5 cm³/mol. The highest BCUT2D eigenvalue weighted by Crippen LogP contribution is 2.41. The van der Waals surface area contributed by atoms with Gasteiger partial charge in [-0.15, -0.1) is 11.3 Å². The summed E-state index contributed by atoms with van der Waals surface area (Å²) in [6.07, 6.45) is 4.55. The molecule has 0 spiro atoms. The zero-order valence-corrected chi connectivity index (χ0v) is 13.4. The first-order valence-electron chi connectivity index (χ1n) is 7.70. The Hall–Kier alpha value is -0.870. The molecule has 1 aliphatic carbocycles. The summed E-state index contributed by atoms with van der Waals surface area (Å²) < 4.78 is 0. The van der Waals surface area contributed by atoms with Crippen LogP contribution >= 0.6 is 11.3 Å². The quantitative estimate of drug-likeness (QED) is 0.924. The first-order chi connectivity index (χ1) is 9.57. The standard InChI is InChI=1S/C16H24N2OS/c1-4-16(3)15(19)18(12-8-5-7-11(12)2)14(17-16)13-9-6-10-20-13/h6,9-12,14,17H,4-5,7-8H2,1-3H3. The average molecular weight is 292 g/mol. The minimum atomic E-state index is -0.406. The van der Waals surface area contributed by atoms with Crippen molar-refractivity contribution in [1.29, 1.82) is 0 Å². The smallest absolute Gasteiger partial charge is 0.244 e. The normalized spacial score (nSPS) is 37.9. The molecule has 1 N–H and O–H groups in total. The number of carbonyl (C=O) groups is 1. The first-order valence-corrected chi connectivity index (χ1v) is 8.58. The summed E-state index contributed by atoms with van der Waals surface area (Å²) in [4.78, 5) is 16.4. The fraction of sp³-hybridized carbons (Fsp3) is 0.688. The second-order valence-electron chi connectivity index (χ2n) is 6.44. The van der Waals surface area contributed by atoms with Gasteiger partial charge in [0.05, 0.1) is 5.54 Å². The molecule has 0 radical (unpaired) electrons. The Labute approximate surface area is 125 Å². The van der Waals surface area contributed by atoms with E-state index in [0.717, 1.165) is 12.8 Å². The van der Waals surface area contributed by atoms with E-state index in [1.807, 2.05) is 0 Å². The molecule has 2 heterocycles. The summed E-state index contributed by atoms with van der Waals surface area (Å²) in [5.41, 5.74) is -0.406. The molecule has 1 aromatic rings. The molecule has 4 heteroatoms. The van der Waals surface area contributed by atoms with Crippen LogP contribution in [-0.2, 0) is 4.79 Å². The Kier molecular flexibility index (Phi) is 3.63. The van der Waals surface area contributed by atoms with Crippen molar-refractivity contribution < 1.29 is 4.79 Å². The summed E-state index contributed by atoms with van der Waals surface area (Å²) in [5, 5.41) is 5.70. The number of amides is 1. The minimum Gasteiger partial charge on any atom is -0.317 e. The largest absolute Gasteiger partial charge is 0.317 e. The third-order valence-electron chi connectivity index (χ3n) is 5.13. The highest BCUT2D eigenvalue weighted by molar-refractivity contribution is 7.10. The Morgan fingerprint density at radius 1 is 1.50 bits per heavy atom. The van der Waals surface area contributed by atoms with E-state index in [1.54, 1.807) is 11.3 Å². The first kappa shape index (κ1) is 14.1. The highest BCUT2D eigenvalue weighted by atomic mass is 32.1. The van der Waals surface area contributed by atoms with Crippen LogP contribution in [0.25, 0.3) is 0 Å². The monoisotopic (exact) mass is 292 g/mol. The molecule has 1 saturated heterocycles. The van der Waals surface area contributed by atoms with Crippen LogP contribution in [0.3, 0.4) is 0 Å². The van der Waals surface area contributed by atoms with Gasteiger partial charge in [0.1, 0.15) is 6.17 Å². The van der Waals surface area contributed by atoms with Crippen molar-refractivity contribution in [3.05, 3.63) is 22.4 Å². The maximum absolute atomic E-state index is 13.0. The van der Waals surface area contributed by atoms with E-state index in [1.165, 1.54) is 17.7 Å². The van der Waals surface area contributed by atoms with Crippen molar-refractivity contribution in [2.75, 3.05) is 0 Å². The lowest BCUT2D eigenvalue weighted by atomic mass is 9.97. The second kappa shape index (κ2) is 5.15. The van der Waals surface area contributed by atoms with Crippen LogP contribution in [0.5, 0.6) is 0 Å². The topological polar surface area (TPSA) is 32.3 Å². The van der Waals surface area contributed by atoms with Gasteiger partial charge < -0.3 is 4.90 Å². The van der Waals surface area contributed by atoms with Crippen molar-refractivity contribution in [3.63, 3.8) is 0 Å². The molecule has 20 heavy (non-hydrogen) atoms. The van der Waals surface area contributed by atoms with Gasteiger partial charge in [0, 0.05) is 10.9 Å². The van der Waals surface area contributed by atoms with E-state index in [0.29, 0.717) is 12.0 Å². The van der Waals surface area contributed by atoms with Crippen LogP contribution in [0.1, 0.15) is 57.5 Å². The predicted octanol–water partition coefficient (Wildman–Crippen LogP) is 3.54. The number of nitrogens with zero attached hydrogens (tertiary/aromatic N) is 1. The van der Waals surface area contributed by atoms with E-state index in [-0.39, 0.29) is 12.1 Å². The molecule has 1 aliphatic heterocycles. The van der Waals surface area contributed by atoms with Crippen LogP contribution < -0.4 is 5.32 Å².